The van der Waals surface area contributed by atoms with Gasteiger partial charge in [-0.05, 0) is 90.3 Å². The topological polar surface area (TPSA) is 77.1 Å². The third kappa shape index (κ3) is 3.33. The number of para-hydroxylation sites is 4. The fourth-order valence-electron chi connectivity index (χ4n) is 7.72. The number of fused-ring (bicyclic) bond motifs is 8. The van der Waals surface area contributed by atoms with Crippen molar-refractivity contribution in [2.24, 2.45) is 0 Å². The fraction of sp³-hybridized carbons (Fsp3) is 0.0244. The Labute approximate surface area is 264 Å². The van der Waals surface area contributed by atoms with Crippen LogP contribution in [0.4, 0.5) is 0 Å². The molecule has 0 bridgehead atoms. The summed E-state index contributed by atoms with van der Waals surface area (Å²) in [5.41, 5.74) is 5.74. The van der Waals surface area contributed by atoms with Gasteiger partial charge in [-0.25, -0.2) is 0 Å². The highest BCUT2D eigenvalue weighted by molar-refractivity contribution is 6.09. The summed E-state index contributed by atoms with van der Waals surface area (Å²) in [4.78, 5) is 54.6. The van der Waals surface area contributed by atoms with Crippen molar-refractivity contribution in [1.82, 2.24) is 8.80 Å². The summed E-state index contributed by atoms with van der Waals surface area (Å²) in [6.07, 6.45) is 0.505. The largest absolute Gasteiger partial charge is 0.308 e. The molecule has 10 rings (SSSR count). The summed E-state index contributed by atoms with van der Waals surface area (Å²) in [6.45, 7) is 0. The lowest BCUT2D eigenvalue weighted by Crippen LogP contribution is -2.14. The van der Waals surface area contributed by atoms with E-state index in [9.17, 15) is 19.2 Å². The first kappa shape index (κ1) is 25.9. The van der Waals surface area contributed by atoms with Gasteiger partial charge < -0.3 is 8.80 Å². The van der Waals surface area contributed by atoms with Crippen molar-refractivity contribution in [3.05, 3.63) is 173 Å². The summed E-state index contributed by atoms with van der Waals surface area (Å²) >= 11 is 0. The molecule has 0 saturated heterocycles. The van der Waals surface area contributed by atoms with Crippen molar-refractivity contribution in [3.8, 4) is 0 Å². The first-order chi connectivity index (χ1) is 23.0. The van der Waals surface area contributed by atoms with E-state index in [4.69, 9.17) is 0 Å². The Morgan fingerprint density at radius 3 is 1.11 bits per heavy atom. The van der Waals surface area contributed by atoms with E-state index >= 15 is 0 Å². The van der Waals surface area contributed by atoms with Crippen LogP contribution in [0.25, 0.3) is 76.2 Å². The van der Waals surface area contributed by atoms with Gasteiger partial charge in [0.2, 0.25) is 0 Å². The van der Waals surface area contributed by atoms with Crippen molar-refractivity contribution >= 4 is 76.2 Å². The lowest BCUT2D eigenvalue weighted by Gasteiger charge is -2.16. The molecule has 0 amide bonds. The number of pyridine rings is 4. The Morgan fingerprint density at radius 2 is 0.681 bits per heavy atom. The second-order valence-corrected chi connectivity index (χ2v) is 12.3. The molecule has 4 heterocycles. The summed E-state index contributed by atoms with van der Waals surface area (Å²) in [7, 11) is 0. The lowest BCUT2D eigenvalue weighted by atomic mass is 9.98. The molecule has 0 radical (unpaired) electrons. The molecular weight excluding hydrogens is 584 g/mol. The molecule has 0 atom stereocenters. The maximum absolute atomic E-state index is 13.9. The average Bonchev–Trinajstić information content (AvgIpc) is 3.11. The Kier molecular flexibility index (Phi) is 5.00. The smallest absolute Gasteiger partial charge is 0.197 e. The van der Waals surface area contributed by atoms with Crippen LogP contribution >= 0.6 is 0 Å². The van der Waals surface area contributed by atoms with E-state index in [0.717, 1.165) is 33.2 Å². The van der Waals surface area contributed by atoms with E-state index in [1.807, 2.05) is 93.7 Å². The van der Waals surface area contributed by atoms with Gasteiger partial charge >= 0.3 is 0 Å². The van der Waals surface area contributed by atoms with E-state index in [0.29, 0.717) is 60.5 Å². The molecule has 0 aliphatic carbocycles. The molecule has 0 unspecified atom stereocenters. The van der Waals surface area contributed by atoms with E-state index < -0.39 is 0 Å². The molecule has 220 valence electrons. The Morgan fingerprint density at radius 1 is 0.340 bits per heavy atom. The number of rotatable bonds is 2. The van der Waals surface area contributed by atoms with Crippen molar-refractivity contribution in [1.29, 1.82) is 0 Å². The molecule has 0 fully saturated rings. The normalized spacial score (nSPS) is 12.3. The first-order valence-corrected chi connectivity index (χ1v) is 15.5. The van der Waals surface area contributed by atoms with Crippen LogP contribution in [0.2, 0.25) is 0 Å². The Bertz CT molecular complexity index is 3030. The van der Waals surface area contributed by atoms with E-state index in [2.05, 4.69) is 0 Å². The van der Waals surface area contributed by atoms with Gasteiger partial charge in [0.1, 0.15) is 0 Å². The van der Waals surface area contributed by atoms with E-state index in [-0.39, 0.29) is 21.7 Å². The quantitative estimate of drug-likeness (QED) is 0.157. The first-order valence-electron chi connectivity index (χ1n) is 15.5. The van der Waals surface area contributed by atoms with Gasteiger partial charge in [-0.1, -0.05) is 48.5 Å². The fourth-order valence-corrected chi connectivity index (χ4v) is 7.72. The molecule has 6 heteroatoms. The van der Waals surface area contributed by atoms with Gasteiger partial charge in [-0.2, -0.15) is 0 Å². The van der Waals surface area contributed by atoms with Crippen molar-refractivity contribution in [3.63, 3.8) is 0 Å². The predicted molar refractivity (Wildman–Crippen MR) is 190 cm³/mol. The minimum Gasteiger partial charge on any atom is -0.308 e. The van der Waals surface area contributed by atoms with E-state index in [1.54, 1.807) is 36.4 Å². The van der Waals surface area contributed by atoms with E-state index in [1.165, 1.54) is 0 Å². The number of hydrogen-bond donors (Lipinski definition) is 0. The number of nitrogens with zero attached hydrogens (tertiary/aromatic N) is 2. The molecule has 0 spiro atoms. The van der Waals surface area contributed by atoms with Crippen LogP contribution in [0.1, 0.15) is 11.1 Å². The molecule has 47 heavy (non-hydrogen) atoms. The standard InChI is InChI=1S/C41H22N2O4/c44-38-24-7-1-3-13-32(24)42-34-17-15-22(20-30(34)40(46)28-11-5-9-26(38)36(28)42)19-23-16-18-35-31(21-23)41(47)29-12-6-10-27-37(29)43(35)33-14-4-2-8-25(33)39(27)45/h1-18,20-21H,19H2. The lowest BCUT2D eigenvalue weighted by molar-refractivity contribution is 1.19. The Hall–Kier alpha value is -6.40. The highest BCUT2D eigenvalue weighted by Gasteiger charge is 2.19. The highest BCUT2D eigenvalue weighted by Crippen LogP contribution is 2.30. The van der Waals surface area contributed by atoms with Crippen LogP contribution in [-0.4, -0.2) is 8.80 Å². The number of aromatic nitrogens is 2. The molecular formula is C41H22N2O4. The number of hydrogen-bond acceptors (Lipinski definition) is 4. The van der Waals surface area contributed by atoms with Gasteiger partial charge in [0, 0.05) is 43.1 Å². The van der Waals surface area contributed by atoms with Crippen molar-refractivity contribution in [2.75, 3.05) is 0 Å². The van der Waals surface area contributed by atoms with Gasteiger partial charge in [0.15, 0.2) is 21.7 Å². The van der Waals surface area contributed by atoms with Crippen LogP contribution < -0.4 is 21.7 Å². The summed E-state index contributed by atoms with van der Waals surface area (Å²) < 4.78 is 4.07. The zero-order chi connectivity index (χ0) is 31.6. The molecule has 6 aromatic carbocycles. The highest BCUT2D eigenvalue weighted by atomic mass is 16.1. The second kappa shape index (κ2) is 9.08. The maximum atomic E-state index is 13.9. The van der Waals surface area contributed by atoms with Crippen LogP contribution in [0.15, 0.2) is 141 Å². The molecule has 10 aromatic rings. The average molecular weight is 607 g/mol. The van der Waals surface area contributed by atoms with Crippen molar-refractivity contribution < 1.29 is 0 Å². The summed E-state index contributed by atoms with van der Waals surface area (Å²) in [6, 6.07) is 37.5. The van der Waals surface area contributed by atoms with Crippen LogP contribution in [0.3, 0.4) is 0 Å². The predicted octanol–water partition coefficient (Wildman–Crippen LogP) is 7.02. The van der Waals surface area contributed by atoms with Crippen LogP contribution in [-0.2, 0) is 6.42 Å². The van der Waals surface area contributed by atoms with Gasteiger partial charge in [-0.15, -0.1) is 0 Å². The zero-order valence-electron chi connectivity index (χ0n) is 24.8. The SMILES string of the molecule is O=c1c2ccccc2n2c3ccc(Cc4ccc5c(c4)c(=O)c4cccc6c(=O)c7ccccc7n5c64)cc3c(=O)c3cccc1c32. The number of benzene rings is 6. The molecule has 6 nitrogen and oxygen atoms in total. The molecule has 0 aliphatic rings. The molecule has 0 N–H and O–H groups in total. The second-order valence-electron chi connectivity index (χ2n) is 12.3. The minimum absolute atomic E-state index is 0.0815. The van der Waals surface area contributed by atoms with Gasteiger partial charge in [0.05, 0.1) is 33.1 Å². The molecule has 4 aromatic heterocycles. The minimum atomic E-state index is -0.117. The van der Waals surface area contributed by atoms with Crippen LogP contribution in [0.5, 0.6) is 0 Å². The zero-order valence-corrected chi connectivity index (χ0v) is 24.8. The van der Waals surface area contributed by atoms with Crippen molar-refractivity contribution in [2.45, 2.75) is 6.42 Å². The van der Waals surface area contributed by atoms with Gasteiger partial charge in [-0.3, -0.25) is 19.2 Å². The molecule has 0 saturated carbocycles. The summed E-state index contributed by atoms with van der Waals surface area (Å²) in [5.74, 6) is 0. The molecule has 0 aliphatic heterocycles. The monoisotopic (exact) mass is 606 g/mol. The Balaban J connectivity index is 1.21. The maximum Gasteiger partial charge on any atom is 0.197 e. The third-order valence-electron chi connectivity index (χ3n) is 9.78. The summed E-state index contributed by atoms with van der Waals surface area (Å²) in [5, 5.41) is 4.42. The third-order valence-corrected chi connectivity index (χ3v) is 9.78. The van der Waals surface area contributed by atoms with Gasteiger partial charge in [0.25, 0.3) is 0 Å². The van der Waals surface area contributed by atoms with Crippen LogP contribution in [0, 0.1) is 0 Å².